The fourth-order valence-electron chi connectivity index (χ4n) is 2.72. The highest BCUT2D eigenvalue weighted by atomic mass is 16.5. The monoisotopic (exact) mass is 325 g/mol. The van der Waals surface area contributed by atoms with E-state index in [4.69, 9.17) is 9.47 Å². The lowest BCUT2D eigenvalue weighted by atomic mass is 10.0. The highest BCUT2D eigenvalue weighted by molar-refractivity contribution is 5.50. The van der Waals surface area contributed by atoms with Crippen LogP contribution in [-0.2, 0) is 13.0 Å². The van der Waals surface area contributed by atoms with Crippen LogP contribution in [0.4, 0.5) is 0 Å². The van der Waals surface area contributed by atoms with Crippen molar-refractivity contribution in [2.75, 3.05) is 13.7 Å². The molecule has 1 atom stereocenters. The van der Waals surface area contributed by atoms with Crippen LogP contribution in [0.1, 0.15) is 36.6 Å². The van der Waals surface area contributed by atoms with Gasteiger partial charge in [0.05, 0.1) is 13.7 Å². The van der Waals surface area contributed by atoms with E-state index in [1.54, 1.807) is 7.11 Å². The van der Waals surface area contributed by atoms with Gasteiger partial charge in [-0.1, -0.05) is 42.5 Å². The lowest BCUT2D eigenvalue weighted by molar-refractivity contribution is 0.308. The van der Waals surface area contributed by atoms with Crippen molar-refractivity contribution in [1.29, 1.82) is 0 Å². The molecule has 0 heterocycles. The van der Waals surface area contributed by atoms with E-state index in [0.29, 0.717) is 6.61 Å². The molecule has 0 aliphatic carbocycles. The van der Waals surface area contributed by atoms with Gasteiger partial charge >= 0.3 is 0 Å². The summed E-state index contributed by atoms with van der Waals surface area (Å²) in [5.41, 5.74) is 3.56. The number of benzene rings is 2. The first-order valence-corrected chi connectivity index (χ1v) is 8.41. The zero-order valence-corrected chi connectivity index (χ0v) is 14.8. The van der Waals surface area contributed by atoms with Crippen LogP contribution in [-0.4, -0.2) is 13.7 Å². The summed E-state index contributed by atoms with van der Waals surface area (Å²) in [6.07, 6.45) is 2.65. The van der Waals surface area contributed by atoms with Crippen molar-refractivity contribution in [2.24, 2.45) is 0 Å². The predicted molar refractivity (Wildman–Crippen MR) is 99.8 cm³/mol. The van der Waals surface area contributed by atoms with Gasteiger partial charge in [-0.3, -0.25) is 0 Å². The number of rotatable bonds is 9. The van der Waals surface area contributed by atoms with E-state index in [1.165, 1.54) is 11.1 Å². The number of hydrogen-bond acceptors (Lipinski definition) is 3. The Bertz CT molecular complexity index is 652. The van der Waals surface area contributed by atoms with Gasteiger partial charge in [-0.2, -0.15) is 0 Å². The summed E-state index contributed by atoms with van der Waals surface area (Å²) >= 11 is 0. The summed E-state index contributed by atoms with van der Waals surface area (Å²) in [4.78, 5) is 0. The Labute approximate surface area is 145 Å². The molecular weight excluding hydrogens is 298 g/mol. The number of nitrogens with one attached hydrogen (secondary N) is 1. The van der Waals surface area contributed by atoms with Crippen LogP contribution in [0.25, 0.3) is 0 Å². The molecular formula is C21H27NO2. The van der Waals surface area contributed by atoms with E-state index in [2.05, 4.69) is 49.2 Å². The van der Waals surface area contributed by atoms with Gasteiger partial charge in [0, 0.05) is 18.2 Å². The first-order chi connectivity index (χ1) is 11.7. The second-order valence-corrected chi connectivity index (χ2v) is 5.73. The van der Waals surface area contributed by atoms with Gasteiger partial charge in [-0.05, 0) is 37.5 Å². The van der Waals surface area contributed by atoms with Crippen LogP contribution in [0.15, 0.2) is 55.1 Å². The topological polar surface area (TPSA) is 30.5 Å². The highest BCUT2D eigenvalue weighted by Gasteiger charge is 2.13. The Morgan fingerprint density at radius 3 is 2.58 bits per heavy atom. The minimum absolute atomic E-state index is 0.284. The molecule has 0 unspecified atom stereocenters. The maximum absolute atomic E-state index is 5.77. The van der Waals surface area contributed by atoms with E-state index in [9.17, 15) is 0 Å². The van der Waals surface area contributed by atoms with E-state index in [-0.39, 0.29) is 6.04 Å². The third-order valence-corrected chi connectivity index (χ3v) is 3.98. The summed E-state index contributed by atoms with van der Waals surface area (Å²) in [5.74, 6) is 1.60. The molecule has 0 aliphatic rings. The van der Waals surface area contributed by atoms with E-state index in [0.717, 1.165) is 30.0 Å². The maximum atomic E-state index is 5.77. The zero-order valence-electron chi connectivity index (χ0n) is 14.8. The molecule has 0 spiro atoms. The van der Waals surface area contributed by atoms with E-state index in [1.807, 2.05) is 25.1 Å². The van der Waals surface area contributed by atoms with E-state index >= 15 is 0 Å². The molecule has 2 aromatic carbocycles. The molecule has 0 amide bonds. The van der Waals surface area contributed by atoms with Crippen molar-refractivity contribution in [2.45, 2.75) is 32.9 Å². The third-order valence-electron chi connectivity index (χ3n) is 3.98. The molecule has 2 aromatic rings. The number of allylic oxidation sites excluding steroid dienone is 1. The van der Waals surface area contributed by atoms with Crippen LogP contribution in [0, 0.1) is 0 Å². The molecule has 0 bridgehead atoms. The molecule has 128 valence electrons. The third kappa shape index (κ3) is 4.62. The average Bonchev–Trinajstić information content (AvgIpc) is 2.62. The van der Waals surface area contributed by atoms with Crippen molar-refractivity contribution in [1.82, 2.24) is 5.32 Å². The normalized spacial score (nSPS) is 11.8. The summed E-state index contributed by atoms with van der Waals surface area (Å²) in [7, 11) is 1.68. The summed E-state index contributed by atoms with van der Waals surface area (Å²) < 4.78 is 11.3. The van der Waals surface area contributed by atoms with Gasteiger partial charge in [-0.25, -0.2) is 0 Å². The lowest BCUT2D eigenvalue weighted by Crippen LogP contribution is -2.18. The quantitative estimate of drug-likeness (QED) is 0.679. The molecule has 24 heavy (non-hydrogen) atoms. The summed E-state index contributed by atoms with van der Waals surface area (Å²) in [5, 5.41) is 3.57. The predicted octanol–water partition coefficient (Wildman–Crippen LogP) is 4.67. The summed E-state index contributed by atoms with van der Waals surface area (Å²) in [6, 6.07) is 14.9. The first kappa shape index (κ1) is 18.1. The van der Waals surface area contributed by atoms with E-state index < -0.39 is 0 Å². The lowest BCUT2D eigenvalue weighted by Gasteiger charge is -2.18. The second kappa shape index (κ2) is 9.14. The summed E-state index contributed by atoms with van der Waals surface area (Å²) in [6.45, 7) is 9.38. The molecule has 0 radical (unpaired) electrons. The fourth-order valence-corrected chi connectivity index (χ4v) is 2.72. The fraction of sp³-hybridized carbons (Fsp3) is 0.333. The smallest absolute Gasteiger partial charge is 0.164 e. The van der Waals surface area contributed by atoms with Gasteiger partial charge in [-0.15, -0.1) is 6.58 Å². The van der Waals surface area contributed by atoms with Crippen molar-refractivity contribution >= 4 is 0 Å². The van der Waals surface area contributed by atoms with Crippen molar-refractivity contribution < 1.29 is 9.47 Å². The molecule has 0 saturated carbocycles. The molecule has 3 nitrogen and oxygen atoms in total. The molecule has 1 N–H and O–H groups in total. The minimum Gasteiger partial charge on any atom is -0.493 e. The minimum atomic E-state index is 0.284. The van der Waals surface area contributed by atoms with Gasteiger partial charge in [0.1, 0.15) is 0 Å². The highest BCUT2D eigenvalue weighted by Crippen LogP contribution is 2.33. The van der Waals surface area contributed by atoms with Crippen molar-refractivity contribution in [3.05, 3.63) is 71.8 Å². The van der Waals surface area contributed by atoms with Crippen LogP contribution in [0.3, 0.4) is 0 Å². The molecule has 2 rings (SSSR count). The molecule has 0 aliphatic heterocycles. The standard InChI is InChI=1S/C21H27NO2/c1-5-10-19-13-17(14-20(23-4)21(19)24-6-2)15-22-16(3)18-11-8-7-9-12-18/h5,7-9,11-14,16,22H,1,6,10,15H2,2-4H3/t16-/m1/s1. The van der Waals surface area contributed by atoms with Crippen LogP contribution < -0.4 is 14.8 Å². The number of methoxy groups -OCH3 is 1. The SMILES string of the molecule is C=CCc1cc(CN[C@H](C)c2ccccc2)cc(OC)c1OCC. The molecule has 0 fully saturated rings. The zero-order chi connectivity index (χ0) is 17.4. The molecule has 3 heteroatoms. The van der Waals surface area contributed by atoms with Gasteiger partial charge in [0.15, 0.2) is 11.5 Å². The number of hydrogen-bond donors (Lipinski definition) is 1. The largest absolute Gasteiger partial charge is 0.493 e. The van der Waals surface area contributed by atoms with Crippen LogP contribution in [0.5, 0.6) is 11.5 Å². The Kier molecular flexibility index (Phi) is 6.89. The van der Waals surface area contributed by atoms with Crippen molar-refractivity contribution in [3.8, 4) is 11.5 Å². The Balaban J connectivity index is 2.17. The van der Waals surface area contributed by atoms with Crippen molar-refractivity contribution in [3.63, 3.8) is 0 Å². The Morgan fingerprint density at radius 2 is 1.96 bits per heavy atom. The van der Waals surface area contributed by atoms with Gasteiger partial charge < -0.3 is 14.8 Å². The van der Waals surface area contributed by atoms with Crippen LogP contribution >= 0.6 is 0 Å². The van der Waals surface area contributed by atoms with Gasteiger partial charge in [0.2, 0.25) is 0 Å². The first-order valence-electron chi connectivity index (χ1n) is 8.41. The molecule has 0 aromatic heterocycles. The Morgan fingerprint density at radius 1 is 1.21 bits per heavy atom. The molecule has 0 saturated heterocycles. The Hall–Kier alpha value is -2.26. The van der Waals surface area contributed by atoms with Crippen LogP contribution in [0.2, 0.25) is 0 Å². The second-order valence-electron chi connectivity index (χ2n) is 5.73. The van der Waals surface area contributed by atoms with Gasteiger partial charge in [0.25, 0.3) is 0 Å². The maximum Gasteiger partial charge on any atom is 0.164 e. The average molecular weight is 325 g/mol. The number of ether oxygens (including phenoxy) is 2.